The van der Waals surface area contributed by atoms with Crippen molar-refractivity contribution in [3.63, 3.8) is 0 Å². The first-order valence-corrected chi connectivity index (χ1v) is 6.10. The van der Waals surface area contributed by atoms with E-state index in [-0.39, 0.29) is 12.1 Å². The summed E-state index contributed by atoms with van der Waals surface area (Å²) in [4.78, 5) is 15.7. The maximum atomic E-state index is 11.4. The van der Waals surface area contributed by atoms with Gasteiger partial charge in [-0.1, -0.05) is 0 Å². The number of carbonyl (C=O) groups excluding carboxylic acids is 1. The highest BCUT2D eigenvalue weighted by molar-refractivity contribution is 5.70. The summed E-state index contributed by atoms with van der Waals surface area (Å²) in [6, 6.07) is 0.927. The Hall–Kier alpha value is -0.810. The molecule has 3 aliphatic heterocycles. The van der Waals surface area contributed by atoms with Crippen molar-refractivity contribution in [2.24, 2.45) is 0 Å². The summed E-state index contributed by atoms with van der Waals surface area (Å²) in [5.41, 5.74) is 0. The summed E-state index contributed by atoms with van der Waals surface area (Å²) >= 11 is 0. The largest absolute Gasteiger partial charge is 0.447 e. The Labute approximate surface area is 95.3 Å². The summed E-state index contributed by atoms with van der Waals surface area (Å²) in [7, 11) is 0. The number of nitrogens with zero attached hydrogens (tertiary/aromatic N) is 2. The van der Waals surface area contributed by atoms with Crippen LogP contribution in [0.25, 0.3) is 0 Å². The fraction of sp³-hybridized carbons (Fsp3) is 0.909. The average Bonchev–Trinajstić information content (AvgIpc) is 2.72. The van der Waals surface area contributed by atoms with Gasteiger partial charge < -0.3 is 9.47 Å². The molecule has 0 bridgehead atoms. The maximum Gasteiger partial charge on any atom is 0.410 e. The van der Waals surface area contributed by atoms with Gasteiger partial charge in [-0.25, -0.2) is 4.79 Å². The number of hydrogen-bond acceptors (Lipinski definition) is 4. The van der Waals surface area contributed by atoms with Crippen LogP contribution in [0.3, 0.4) is 0 Å². The van der Waals surface area contributed by atoms with Crippen molar-refractivity contribution in [1.29, 1.82) is 0 Å². The van der Waals surface area contributed by atoms with E-state index < -0.39 is 0 Å². The van der Waals surface area contributed by atoms with Crippen molar-refractivity contribution in [3.05, 3.63) is 0 Å². The zero-order valence-electron chi connectivity index (χ0n) is 9.43. The standard InChI is InChI=1S/C11H18N2O3/c14-11-13-4-3-12(7-10(13)8-16-11)9-1-5-15-6-2-9/h9-10H,1-8H2/t10-/m1/s1. The van der Waals surface area contributed by atoms with Crippen LogP contribution in [0, 0.1) is 0 Å². The number of cyclic esters (lactones) is 1. The van der Waals surface area contributed by atoms with Crippen molar-refractivity contribution in [2.45, 2.75) is 24.9 Å². The van der Waals surface area contributed by atoms with Gasteiger partial charge in [0.15, 0.2) is 0 Å². The minimum Gasteiger partial charge on any atom is -0.447 e. The third kappa shape index (κ3) is 1.78. The molecule has 5 heteroatoms. The topological polar surface area (TPSA) is 42.0 Å². The molecular formula is C11H18N2O3. The lowest BCUT2D eigenvalue weighted by molar-refractivity contribution is 0.0108. The lowest BCUT2D eigenvalue weighted by Gasteiger charge is -2.41. The molecule has 3 saturated heterocycles. The molecule has 0 aromatic heterocycles. The van der Waals surface area contributed by atoms with Crippen molar-refractivity contribution >= 4 is 6.09 Å². The van der Waals surface area contributed by atoms with Gasteiger partial charge in [-0.3, -0.25) is 9.80 Å². The number of fused-ring (bicyclic) bond motifs is 1. The van der Waals surface area contributed by atoms with Crippen LogP contribution in [0.5, 0.6) is 0 Å². The fourth-order valence-electron chi connectivity index (χ4n) is 2.89. The van der Waals surface area contributed by atoms with E-state index in [9.17, 15) is 4.79 Å². The van der Waals surface area contributed by atoms with Gasteiger partial charge in [0, 0.05) is 38.9 Å². The molecule has 0 N–H and O–H groups in total. The number of carbonyl (C=O) groups is 1. The van der Waals surface area contributed by atoms with Crippen LogP contribution in [0.2, 0.25) is 0 Å². The monoisotopic (exact) mass is 226 g/mol. The summed E-state index contributed by atoms with van der Waals surface area (Å²) < 4.78 is 10.4. The Balaban J connectivity index is 1.61. The molecule has 0 aliphatic carbocycles. The third-order valence-electron chi connectivity index (χ3n) is 3.86. The lowest BCUT2D eigenvalue weighted by Crippen LogP contribution is -2.55. The van der Waals surface area contributed by atoms with E-state index in [2.05, 4.69) is 4.90 Å². The van der Waals surface area contributed by atoms with Crippen LogP contribution >= 0.6 is 0 Å². The highest BCUT2D eigenvalue weighted by Crippen LogP contribution is 2.22. The number of rotatable bonds is 1. The zero-order chi connectivity index (χ0) is 11.0. The van der Waals surface area contributed by atoms with Crippen LogP contribution in [0.15, 0.2) is 0 Å². The van der Waals surface area contributed by atoms with Crippen LogP contribution in [-0.2, 0) is 9.47 Å². The summed E-state index contributed by atoms with van der Waals surface area (Å²) in [5, 5.41) is 0. The first kappa shape index (κ1) is 10.4. The van der Waals surface area contributed by atoms with E-state index in [0.717, 1.165) is 45.7 Å². The molecule has 3 rings (SSSR count). The minimum atomic E-state index is -0.128. The quantitative estimate of drug-likeness (QED) is 0.645. The fourth-order valence-corrected chi connectivity index (χ4v) is 2.89. The predicted octanol–water partition coefficient (Wildman–Crippen LogP) is 0.302. The number of ether oxygens (including phenoxy) is 2. The highest BCUT2D eigenvalue weighted by Gasteiger charge is 2.39. The Kier molecular flexibility index (Phi) is 2.73. The summed E-state index contributed by atoms with van der Waals surface area (Å²) in [6.07, 6.45) is 2.12. The van der Waals surface area contributed by atoms with Crippen molar-refractivity contribution in [3.8, 4) is 0 Å². The summed E-state index contributed by atoms with van der Waals surface area (Å²) in [5.74, 6) is 0. The van der Waals surface area contributed by atoms with E-state index >= 15 is 0 Å². The van der Waals surface area contributed by atoms with Gasteiger partial charge in [-0.05, 0) is 12.8 Å². The molecule has 5 nitrogen and oxygen atoms in total. The Morgan fingerprint density at radius 2 is 1.94 bits per heavy atom. The van der Waals surface area contributed by atoms with E-state index in [1.165, 1.54) is 0 Å². The second kappa shape index (κ2) is 4.22. The number of piperazine rings is 1. The van der Waals surface area contributed by atoms with E-state index in [0.29, 0.717) is 12.6 Å². The molecule has 3 fully saturated rings. The van der Waals surface area contributed by atoms with Gasteiger partial charge in [0.05, 0.1) is 6.04 Å². The molecule has 1 atom stereocenters. The van der Waals surface area contributed by atoms with Gasteiger partial charge in [0.25, 0.3) is 0 Å². The molecule has 0 saturated carbocycles. The number of amides is 1. The molecule has 1 amide bonds. The summed E-state index contributed by atoms with van der Waals surface area (Å²) in [6.45, 7) is 5.10. The van der Waals surface area contributed by atoms with E-state index in [1.54, 1.807) is 0 Å². The smallest absolute Gasteiger partial charge is 0.410 e. The first-order valence-electron chi connectivity index (χ1n) is 6.10. The first-order chi connectivity index (χ1) is 7.84. The molecule has 3 aliphatic rings. The zero-order valence-corrected chi connectivity index (χ0v) is 9.43. The van der Waals surface area contributed by atoms with Crippen molar-refractivity contribution < 1.29 is 14.3 Å². The van der Waals surface area contributed by atoms with Crippen LogP contribution < -0.4 is 0 Å². The average molecular weight is 226 g/mol. The molecule has 3 heterocycles. The van der Waals surface area contributed by atoms with Gasteiger partial charge >= 0.3 is 6.09 Å². The molecule has 0 unspecified atom stereocenters. The van der Waals surface area contributed by atoms with E-state index in [1.807, 2.05) is 4.90 Å². The molecule has 16 heavy (non-hydrogen) atoms. The second-order valence-electron chi connectivity index (χ2n) is 4.76. The van der Waals surface area contributed by atoms with Crippen molar-refractivity contribution in [1.82, 2.24) is 9.80 Å². The van der Waals surface area contributed by atoms with Gasteiger partial charge in [0.1, 0.15) is 6.61 Å². The Bertz CT molecular complexity index is 278. The lowest BCUT2D eigenvalue weighted by atomic mass is 10.0. The molecule has 0 aromatic carbocycles. The Morgan fingerprint density at radius 1 is 1.12 bits per heavy atom. The highest BCUT2D eigenvalue weighted by atomic mass is 16.6. The molecule has 0 spiro atoms. The van der Waals surface area contributed by atoms with Crippen molar-refractivity contribution in [2.75, 3.05) is 39.5 Å². The predicted molar refractivity (Wildman–Crippen MR) is 57.3 cm³/mol. The van der Waals surface area contributed by atoms with Gasteiger partial charge in [-0.15, -0.1) is 0 Å². The minimum absolute atomic E-state index is 0.128. The van der Waals surface area contributed by atoms with E-state index in [4.69, 9.17) is 9.47 Å². The third-order valence-corrected chi connectivity index (χ3v) is 3.86. The normalized spacial score (nSPS) is 32.6. The molecule has 90 valence electrons. The van der Waals surface area contributed by atoms with Gasteiger partial charge in [0.2, 0.25) is 0 Å². The van der Waals surface area contributed by atoms with Crippen LogP contribution in [0.1, 0.15) is 12.8 Å². The molecule has 0 radical (unpaired) electrons. The molecular weight excluding hydrogens is 208 g/mol. The molecule has 0 aromatic rings. The second-order valence-corrected chi connectivity index (χ2v) is 4.76. The Morgan fingerprint density at radius 3 is 2.75 bits per heavy atom. The maximum absolute atomic E-state index is 11.4. The van der Waals surface area contributed by atoms with Gasteiger partial charge in [-0.2, -0.15) is 0 Å². The number of hydrogen-bond donors (Lipinski definition) is 0. The van der Waals surface area contributed by atoms with Crippen LogP contribution in [0.4, 0.5) is 4.79 Å². The SMILES string of the molecule is O=C1OC[C@H]2CN(C3CCOCC3)CCN12. The van der Waals surface area contributed by atoms with Crippen LogP contribution in [-0.4, -0.2) is 67.4 Å².